The monoisotopic (exact) mass is 315 g/mol. The zero-order valence-corrected chi connectivity index (χ0v) is 12.7. The fraction of sp³-hybridized carbons (Fsp3) is 0.333. The summed E-state index contributed by atoms with van der Waals surface area (Å²) in [7, 11) is 1.63. The topological polar surface area (TPSA) is 95.1 Å². The van der Waals surface area contributed by atoms with Crippen LogP contribution in [0.3, 0.4) is 0 Å². The van der Waals surface area contributed by atoms with Crippen molar-refractivity contribution in [2.75, 3.05) is 20.3 Å². The Labute approximate surface area is 132 Å². The third-order valence-electron chi connectivity index (χ3n) is 3.23. The first-order valence-corrected chi connectivity index (χ1v) is 7.28. The number of hydrogen-bond acceptors (Lipinski definition) is 6. The number of ether oxygens (including phenoxy) is 1. The van der Waals surface area contributed by atoms with Gasteiger partial charge in [0.2, 0.25) is 11.7 Å². The number of carbonyl (C=O) groups excluding carboxylic acids is 1. The molecule has 1 amide bonds. The summed E-state index contributed by atoms with van der Waals surface area (Å²) in [5, 5.41) is 15.7. The van der Waals surface area contributed by atoms with Gasteiger partial charge in [-0.3, -0.25) is 4.79 Å². The number of hydrogen-bond donors (Lipinski definition) is 1. The average molecular weight is 315 g/mol. The van der Waals surface area contributed by atoms with Crippen molar-refractivity contribution in [2.24, 2.45) is 0 Å². The third kappa shape index (κ3) is 3.72. The van der Waals surface area contributed by atoms with E-state index in [9.17, 15) is 4.79 Å². The van der Waals surface area contributed by atoms with Crippen LogP contribution in [0.2, 0.25) is 0 Å². The molecule has 1 aromatic carbocycles. The molecule has 0 saturated heterocycles. The summed E-state index contributed by atoms with van der Waals surface area (Å²) in [5.74, 6) is 0.709. The summed E-state index contributed by atoms with van der Waals surface area (Å²) in [4.78, 5) is 13.0. The standard InChI is InChI=1S/C15H17N5O3/c1-22-8-4-7-16-14(21)10-20-18-15(17-19-20)13-9-11-5-2-3-6-12(11)23-13/h2-3,5-6,9H,4,7-8,10H2,1H3,(H,16,21). The molecule has 1 N–H and O–H groups in total. The lowest BCUT2D eigenvalue weighted by Crippen LogP contribution is -2.29. The summed E-state index contributed by atoms with van der Waals surface area (Å²) < 4.78 is 10.6. The number of para-hydroxylation sites is 1. The maximum atomic E-state index is 11.8. The van der Waals surface area contributed by atoms with Crippen LogP contribution in [-0.2, 0) is 16.1 Å². The van der Waals surface area contributed by atoms with E-state index < -0.39 is 0 Å². The molecular weight excluding hydrogens is 298 g/mol. The van der Waals surface area contributed by atoms with Crippen LogP contribution in [0, 0.1) is 0 Å². The predicted molar refractivity (Wildman–Crippen MR) is 82.5 cm³/mol. The average Bonchev–Trinajstić information content (AvgIpc) is 3.17. The quantitative estimate of drug-likeness (QED) is 0.659. The molecule has 0 aliphatic carbocycles. The van der Waals surface area contributed by atoms with E-state index in [0.29, 0.717) is 24.7 Å². The molecule has 0 aliphatic rings. The van der Waals surface area contributed by atoms with Crippen LogP contribution in [0.15, 0.2) is 34.7 Å². The zero-order valence-electron chi connectivity index (χ0n) is 12.7. The zero-order chi connectivity index (χ0) is 16.1. The molecule has 0 radical (unpaired) electrons. The Bertz CT molecular complexity index is 762. The summed E-state index contributed by atoms with van der Waals surface area (Å²) >= 11 is 0. The number of rotatable bonds is 7. The van der Waals surface area contributed by atoms with E-state index in [4.69, 9.17) is 9.15 Å². The largest absolute Gasteiger partial charge is 0.453 e. The molecule has 0 saturated carbocycles. The highest BCUT2D eigenvalue weighted by molar-refractivity contribution is 5.81. The van der Waals surface area contributed by atoms with E-state index in [0.717, 1.165) is 17.4 Å². The number of methoxy groups -OCH3 is 1. The number of fused-ring (bicyclic) bond motifs is 1. The van der Waals surface area contributed by atoms with Gasteiger partial charge in [-0.2, -0.15) is 4.80 Å². The second kappa shape index (κ2) is 7.01. The van der Waals surface area contributed by atoms with Crippen molar-refractivity contribution in [2.45, 2.75) is 13.0 Å². The Hall–Kier alpha value is -2.74. The minimum absolute atomic E-state index is 0.0141. The fourth-order valence-electron chi connectivity index (χ4n) is 2.13. The predicted octanol–water partition coefficient (Wildman–Crippen LogP) is 1.24. The molecule has 23 heavy (non-hydrogen) atoms. The van der Waals surface area contributed by atoms with Crippen LogP contribution in [-0.4, -0.2) is 46.4 Å². The summed E-state index contributed by atoms with van der Waals surface area (Å²) in [6.45, 7) is 1.18. The van der Waals surface area contributed by atoms with Crippen molar-refractivity contribution in [3.63, 3.8) is 0 Å². The van der Waals surface area contributed by atoms with Crippen molar-refractivity contribution in [1.29, 1.82) is 0 Å². The van der Waals surface area contributed by atoms with Gasteiger partial charge in [0.25, 0.3) is 0 Å². The third-order valence-corrected chi connectivity index (χ3v) is 3.23. The second-order valence-corrected chi connectivity index (χ2v) is 4.99. The van der Waals surface area contributed by atoms with E-state index in [1.807, 2.05) is 30.3 Å². The summed E-state index contributed by atoms with van der Waals surface area (Å²) in [5.41, 5.74) is 0.759. The van der Waals surface area contributed by atoms with Gasteiger partial charge >= 0.3 is 0 Å². The van der Waals surface area contributed by atoms with Crippen LogP contribution >= 0.6 is 0 Å². The van der Waals surface area contributed by atoms with Crippen LogP contribution in [0.5, 0.6) is 0 Å². The van der Waals surface area contributed by atoms with Crippen molar-refractivity contribution >= 4 is 16.9 Å². The minimum Gasteiger partial charge on any atom is -0.453 e. The smallest absolute Gasteiger partial charge is 0.243 e. The van der Waals surface area contributed by atoms with E-state index in [1.165, 1.54) is 4.80 Å². The first-order chi connectivity index (χ1) is 11.3. The Morgan fingerprint density at radius 2 is 2.26 bits per heavy atom. The molecular formula is C15H17N5O3. The number of nitrogens with zero attached hydrogens (tertiary/aromatic N) is 4. The van der Waals surface area contributed by atoms with Crippen LogP contribution in [0.1, 0.15) is 6.42 Å². The van der Waals surface area contributed by atoms with Gasteiger partial charge in [0, 0.05) is 25.6 Å². The van der Waals surface area contributed by atoms with Gasteiger partial charge in [0.1, 0.15) is 12.1 Å². The van der Waals surface area contributed by atoms with E-state index in [2.05, 4.69) is 20.7 Å². The molecule has 8 nitrogen and oxygen atoms in total. The molecule has 0 unspecified atom stereocenters. The lowest BCUT2D eigenvalue weighted by Gasteiger charge is -2.03. The lowest BCUT2D eigenvalue weighted by molar-refractivity contribution is -0.122. The SMILES string of the molecule is COCCCNC(=O)Cn1nnc(-c2cc3ccccc3o2)n1. The molecule has 0 bridgehead atoms. The number of amides is 1. The molecule has 2 heterocycles. The molecule has 2 aromatic heterocycles. The molecule has 0 aliphatic heterocycles. The summed E-state index contributed by atoms with van der Waals surface area (Å²) in [6, 6.07) is 9.49. The molecule has 3 aromatic rings. The highest BCUT2D eigenvalue weighted by Crippen LogP contribution is 2.24. The molecule has 3 rings (SSSR count). The first kappa shape index (κ1) is 15.2. The van der Waals surface area contributed by atoms with Crippen molar-refractivity contribution in [3.05, 3.63) is 30.3 Å². The van der Waals surface area contributed by atoms with E-state index in [-0.39, 0.29) is 12.5 Å². The minimum atomic E-state index is -0.172. The number of nitrogens with one attached hydrogen (secondary N) is 1. The Kier molecular flexibility index (Phi) is 4.62. The van der Waals surface area contributed by atoms with E-state index in [1.54, 1.807) is 7.11 Å². The Balaban J connectivity index is 1.62. The molecule has 0 atom stereocenters. The van der Waals surface area contributed by atoms with Gasteiger partial charge < -0.3 is 14.5 Å². The van der Waals surface area contributed by atoms with E-state index >= 15 is 0 Å². The fourth-order valence-corrected chi connectivity index (χ4v) is 2.13. The number of aromatic nitrogens is 4. The van der Waals surface area contributed by atoms with Crippen molar-refractivity contribution in [1.82, 2.24) is 25.5 Å². The number of carbonyl (C=O) groups is 1. The maximum absolute atomic E-state index is 11.8. The van der Waals surface area contributed by atoms with Gasteiger partial charge in [-0.05, 0) is 23.8 Å². The number of tetrazole rings is 1. The molecule has 8 heteroatoms. The van der Waals surface area contributed by atoms with Crippen molar-refractivity contribution in [3.8, 4) is 11.6 Å². The van der Waals surface area contributed by atoms with Gasteiger partial charge in [-0.1, -0.05) is 18.2 Å². The van der Waals surface area contributed by atoms with Gasteiger partial charge in [0.05, 0.1) is 0 Å². The number of furan rings is 1. The van der Waals surface area contributed by atoms with Gasteiger partial charge in [0.15, 0.2) is 5.76 Å². The highest BCUT2D eigenvalue weighted by atomic mass is 16.5. The highest BCUT2D eigenvalue weighted by Gasteiger charge is 2.13. The Morgan fingerprint density at radius 1 is 1.39 bits per heavy atom. The van der Waals surface area contributed by atoms with Crippen LogP contribution < -0.4 is 5.32 Å². The van der Waals surface area contributed by atoms with Gasteiger partial charge in [-0.15, -0.1) is 10.2 Å². The Morgan fingerprint density at radius 3 is 3.09 bits per heavy atom. The van der Waals surface area contributed by atoms with Crippen molar-refractivity contribution < 1.29 is 13.9 Å². The lowest BCUT2D eigenvalue weighted by atomic mass is 10.2. The number of benzene rings is 1. The molecule has 0 fully saturated rings. The second-order valence-electron chi connectivity index (χ2n) is 4.99. The van der Waals surface area contributed by atoms with Crippen LogP contribution in [0.4, 0.5) is 0 Å². The molecule has 0 spiro atoms. The normalized spacial score (nSPS) is 11.0. The summed E-state index contributed by atoms with van der Waals surface area (Å²) in [6.07, 6.45) is 0.761. The van der Waals surface area contributed by atoms with Gasteiger partial charge in [-0.25, -0.2) is 0 Å². The molecule has 120 valence electrons. The van der Waals surface area contributed by atoms with Crippen LogP contribution in [0.25, 0.3) is 22.6 Å². The maximum Gasteiger partial charge on any atom is 0.243 e. The first-order valence-electron chi connectivity index (χ1n) is 7.28.